The quantitative estimate of drug-likeness (QED) is 0.712. The van der Waals surface area contributed by atoms with E-state index in [4.69, 9.17) is 5.73 Å². The third-order valence-corrected chi connectivity index (χ3v) is 5.17. The second-order valence-corrected chi connectivity index (χ2v) is 6.73. The molecule has 21 heavy (non-hydrogen) atoms. The van der Waals surface area contributed by atoms with E-state index in [9.17, 15) is 4.79 Å². The minimum atomic E-state index is -0.0489. The number of nitrogens with zero attached hydrogens (tertiary/aromatic N) is 2. The molecule has 118 valence electrons. The van der Waals surface area contributed by atoms with Gasteiger partial charge in [0.25, 0.3) is 0 Å². The van der Waals surface area contributed by atoms with Crippen LogP contribution in [-0.2, 0) is 11.2 Å². The van der Waals surface area contributed by atoms with Gasteiger partial charge < -0.3 is 11.1 Å². The Morgan fingerprint density at radius 1 is 1.52 bits per heavy atom. The van der Waals surface area contributed by atoms with Crippen LogP contribution < -0.4 is 11.1 Å². The second-order valence-electron chi connectivity index (χ2n) is 6.73. The van der Waals surface area contributed by atoms with Gasteiger partial charge in [-0.1, -0.05) is 20.8 Å². The fourth-order valence-corrected chi connectivity index (χ4v) is 3.26. The van der Waals surface area contributed by atoms with Gasteiger partial charge in [0.1, 0.15) is 12.2 Å². The second kappa shape index (κ2) is 6.56. The number of aryl methyl sites for hydroxylation is 1. The minimum absolute atomic E-state index is 0.0489. The summed E-state index contributed by atoms with van der Waals surface area (Å²) in [6, 6.07) is 0.204. The highest BCUT2D eigenvalue weighted by molar-refractivity contribution is 5.79. The van der Waals surface area contributed by atoms with Crippen molar-refractivity contribution >= 4 is 5.91 Å². The Labute approximate surface area is 126 Å². The first-order chi connectivity index (χ1) is 9.93. The predicted molar refractivity (Wildman–Crippen MR) is 81.4 cm³/mol. The number of rotatable bonds is 5. The van der Waals surface area contributed by atoms with E-state index in [0.29, 0.717) is 12.5 Å². The molecule has 6 nitrogen and oxygen atoms in total. The molecule has 1 aliphatic rings. The van der Waals surface area contributed by atoms with Crippen molar-refractivity contribution in [2.24, 2.45) is 23.0 Å². The third kappa shape index (κ3) is 3.61. The van der Waals surface area contributed by atoms with Crippen molar-refractivity contribution in [2.45, 2.75) is 52.5 Å². The van der Waals surface area contributed by atoms with Crippen molar-refractivity contribution < 1.29 is 4.79 Å². The summed E-state index contributed by atoms with van der Waals surface area (Å²) in [5.74, 6) is 1.44. The van der Waals surface area contributed by atoms with Gasteiger partial charge in [-0.2, -0.15) is 5.10 Å². The van der Waals surface area contributed by atoms with Crippen LogP contribution in [0.25, 0.3) is 0 Å². The van der Waals surface area contributed by atoms with E-state index in [2.05, 4.69) is 41.3 Å². The number of carbonyl (C=O) groups is 1. The van der Waals surface area contributed by atoms with E-state index in [1.165, 1.54) is 6.33 Å². The van der Waals surface area contributed by atoms with Gasteiger partial charge in [-0.3, -0.25) is 9.89 Å². The van der Waals surface area contributed by atoms with Crippen molar-refractivity contribution in [2.75, 3.05) is 6.54 Å². The minimum Gasteiger partial charge on any atom is -0.356 e. The molecule has 0 radical (unpaired) electrons. The van der Waals surface area contributed by atoms with Gasteiger partial charge >= 0.3 is 0 Å². The Morgan fingerprint density at radius 3 is 2.95 bits per heavy atom. The molecule has 3 unspecified atom stereocenters. The summed E-state index contributed by atoms with van der Waals surface area (Å²) in [5, 5.41) is 9.70. The molecule has 0 spiro atoms. The van der Waals surface area contributed by atoms with Crippen LogP contribution in [0.3, 0.4) is 0 Å². The lowest BCUT2D eigenvalue weighted by Crippen LogP contribution is -2.51. The lowest BCUT2D eigenvalue weighted by molar-refractivity contribution is -0.132. The first kappa shape index (κ1) is 15.9. The third-order valence-electron chi connectivity index (χ3n) is 5.17. The molecule has 0 aromatic carbocycles. The molecule has 3 atom stereocenters. The van der Waals surface area contributed by atoms with E-state index < -0.39 is 0 Å². The van der Waals surface area contributed by atoms with Crippen molar-refractivity contribution in [3.05, 3.63) is 12.2 Å². The smallest absolute Gasteiger partial charge is 0.223 e. The molecule has 1 aromatic rings. The fourth-order valence-electron chi connectivity index (χ4n) is 3.26. The first-order valence-electron chi connectivity index (χ1n) is 7.80. The molecular weight excluding hydrogens is 266 g/mol. The number of hydrogen-bond acceptors (Lipinski definition) is 4. The molecule has 0 saturated heterocycles. The number of aromatic amines is 1. The summed E-state index contributed by atoms with van der Waals surface area (Å²) >= 11 is 0. The summed E-state index contributed by atoms with van der Waals surface area (Å²) in [7, 11) is 0. The van der Waals surface area contributed by atoms with Crippen molar-refractivity contribution in [1.29, 1.82) is 0 Å². The van der Waals surface area contributed by atoms with E-state index >= 15 is 0 Å². The number of aromatic nitrogens is 3. The highest BCUT2D eigenvalue weighted by atomic mass is 16.1. The molecule has 1 saturated carbocycles. The van der Waals surface area contributed by atoms with E-state index in [0.717, 1.165) is 31.5 Å². The maximum Gasteiger partial charge on any atom is 0.223 e. The number of nitrogens with two attached hydrogens (primary N) is 1. The van der Waals surface area contributed by atoms with E-state index in [1.807, 2.05) is 0 Å². The highest BCUT2D eigenvalue weighted by Gasteiger charge is 2.44. The lowest BCUT2D eigenvalue weighted by atomic mass is 9.61. The molecule has 1 heterocycles. The molecule has 1 fully saturated rings. The zero-order valence-corrected chi connectivity index (χ0v) is 13.2. The SMILES string of the molecule is CC1C(N)CCC(C(=O)NCCCc2ncn[nH]2)C1(C)C. The Kier molecular flexibility index (Phi) is 4.98. The molecule has 1 amide bonds. The predicted octanol–water partition coefficient (Wildman–Crippen LogP) is 1.25. The van der Waals surface area contributed by atoms with Gasteiger partial charge in [0.05, 0.1) is 0 Å². The normalized spacial score (nSPS) is 28.3. The Balaban J connectivity index is 1.80. The monoisotopic (exact) mass is 293 g/mol. The maximum atomic E-state index is 12.4. The average Bonchev–Trinajstić information content (AvgIpc) is 2.94. The van der Waals surface area contributed by atoms with Crippen LogP contribution in [0.1, 0.15) is 45.9 Å². The molecule has 0 bridgehead atoms. The van der Waals surface area contributed by atoms with Gasteiger partial charge in [-0.25, -0.2) is 4.98 Å². The van der Waals surface area contributed by atoms with Gasteiger partial charge in [-0.15, -0.1) is 0 Å². The number of carbonyl (C=O) groups excluding carboxylic acids is 1. The lowest BCUT2D eigenvalue weighted by Gasteiger charge is -2.46. The highest BCUT2D eigenvalue weighted by Crippen LogP contribution is 2.44. The summed E-state index contributed by atoms with van der Waals surface area (Å²) in [5.41, 5.74) is 6.10. The molecule has 1 aliphatic carbocycles. The standard InChI is InChI=1S/C15H27N5O/c1-10-12(16)7-6-11(15(10,2)3)14(21)17-8-4-5-13-18-9-19-20-13/h9-12H,4-8,16H2,1-3H3,(H,17,21)(H,18,19,20). The zero-order valence-electron chi connectivity index (χ0n) is 13.2. The molecule has 2 rings (SSSR count). The number of amides is 1. The van der Waals surface area contributed by atoms with Crippen LogP contribution >= 0.6 is 0 Å². The molecular formula is C15H27N5O. The van der Waals surface area contributed by atoms with Crippen LogP contribution in [0.2, 0.25) is 0 Å². The number of nitrogens with one attached hydrogen (secondary N) is 2. The molecule has 4 N–H and O–H groups in total. The summed E-state index contributed by atoms with van der Waals surface area (Å²) in [6.45, 7) is 7.16. The number of hydrogen-bond donors (Lipinski definition) is 3. The number of H-pyrrole nitrogens is 1. The van der Waals surface area contributed by atoms with Crippen molar-refractivity contribution in [3.63, 3.8) is 0 Å². The van der Waals surface area contributed by atoms with Crippen LogP contribution in [0.15, 0.2) is 6.33 Å². The van der Waals surface area contributed by atoms with Gasteiger partial charge in [0, 0.05) is 24.9 Å². The van der Waals surface area contributed by atoms with Gasteiger partial charge in [-0.05, 0) is 30.6 Å². The zero-order chi connectivity index (χ0) is 15.5. The van der Waals surface area contributed by atoms with Crippen LogP contribution in [-0.4, -0.2) is 33.7 Å². The van der Waals surface area contributed by atoms with Gasteiger partial charge in [0.15, 0.2) is 0 Å². The summed E-state index contributed by atoms with van der Waals surface area (Å²) in [4.78, 5) is 16.5. The van der Waals surface area contributed by atoms with Gasteiger partial charge in [0.2, 0.25) is 5.91 Å². The molecule has 1 aromatic heterocycles. The van der Waals surface area contributed by atoms with E-state index in [-0.39, 0.29) is 23.3 Å². The van der Waals surface area contributed by atoms with Crippen molar-refractivity contribution in [3.8, 4) is 0 Å². The topological polar surface area (TPSA) is 96.7 Å². The Hall–Kier alpha value is -1.43. The van der Waals surface area contributed by atoms with Crippen molar-refractivity contribution in [1.82, 2.24) is 20.5 Å². The molecule has 6 heteroatoms. The van der Waals surface area contributed by atoms with Crippen LogP contribution in [0, 0.1) is 17.3 Å². The van der Waals surface area contributed by atoms with E-state index in [1.54, 1.807) is 0 Å². The summed E-state index contributed by atoms with van der Waals surface area (Å²) < 4.78 is 0. The average molecular weight is 293 g/mol. The summed E-state index contributed by atoms with van der Waals surface area (Å²) in [6.07, 6.45) is 4.98. The largest absolute Gasteiger partial charge is 0.356 e. The maximum absolute atomic E-state index is 12.4. The van der Waals surface area contributed by atoms with Crippen LogP contribution in [0.5, 0.6) is 0 Å². The Bertz CT molecular complexity index is 457. The Morgan fingerprint density at radius 2 is 2.29 bits per heavy atom. The fraction of sp³-hybridized carbons (Fsp3) is 0.800. The molecule has 0 aliphatic heterocycles. The first-order valence-corrected chi connectivity index (χ1v) is 7.80. The van der Waals surface area contributed by atoms with Crippen LogP contribution in [0.4, 0.5) is 0 Å².